The number of hydrogen-bond acceptors (Lipinski definition) is 8. The van der Waals surface area contributed by atoms with Crippen molar-refractivity contribution in [3.05, 3.63) is 23.0 Å². The van der Waals surface area contributed by atoms with Crippen LogP contribution in [0.4, 0.5) is 17.3 Å². The second kappa shape index (κ2) is 9.34. The van der Waals surface area contributed by atoms with Crippen molar-refractivity contribution in [3.63, 3.8) is 0 Å². The molecule has 0 amide bonds. The van der Waals surface area contributed by atoms with Crippen molar-refractivity contribution in [2.24, 2.45) is 9.98 Å². The molecule has 0 aliphatic carbocycles. The maximum absolute atomic E-state index is 9.65. The lowest BCUT2D eigenvalue weighted by atomic mass is 10.3. The zero-order valence-corrected chi connectivity index (χ0v) is 18.0. The molecular formula is C19H22ClN7OS. The fourth-order valence-corrected chi connectivity index (χ4v) is 3.80. The number of aromatic amines is 1. The van der Waals surface area contributed by atoms with Gasteiger partial charge in [-0.1, -0.05) is 18.5 Å². The van der Waals surface area contributed by atoms with Crippen molar-refractivity contribution in [1.29, 1.82) is 0 Å². The lowest BCUT2D eigenvalue weighted by molar-refractivity contribution is 0.208. The summed E-state index contributed by atoms with van der Waals surface area (Å²) in [4.78, 5) is 25.8. The lowest BCUT2D eigenvalue weighted by Crippen LogP contribution is -2.16. The number of aliphatic hydroxyl groups excluding tert-OH is 1. The van der Waals surface area contributed by atoms with Gasteiger partial charge in [0.15, 0.2) is 11.0 Å². The number of aliphatic imine (C=N–C) groups is 2. The summed E-state index contributed by atoms with van der Waals surface area (Å²) in [5.41, 5.74) is 2.11. The van der Waals surface area contributed by atoms with Gasteiger partial charge in [0.2, 0.25) is 0 Å². The minimum Gasteiger partial charge on any atom is -0.392 e. The molecule has 0 spiro atoms. The first-order chi connectivity index (χ1) is 14.0. The van der Waals surface area contributed by atoms with Crippen molar-refractivity contribution in [3.8, 4) is 0 Å². The van der Waals surface area contributed by atoms with E-state index in [1.54, 1.807) is 19.3 Å². The normalized spacial score (nSPS) is 12.6. The maximum Gasteiger partial charge on any atom is 0.196 e. The average molecular weight is 432 g/mol. The van der Waals surface area contributed by atoms with E-state index >= 15 is 0 Å². The molecule has 0 bridgehead atoms. The standard InChI is InChI=1S/C19H22ClN7OS/c1-5-12-15(20)14-17(23-8-10(3)28)26-19(27-18(14)25-12)29-11-7-13(21-4)16(22-6-2)24-9-11/h6-7,9-10,28H,4-5,8H2,1-3H3,(H2,23,25,26,27)/b22-6-/t10-/m0/s1. The van der Waals surface area contributed by atoms with Crippen molar-refractivity contribution in [2.75, 3.05) is 11.9 Å². The number of aliphatic hydroxyl groups is 1. The number of rotatable bonds is 8. The number of aryl methyl sites for hydroxylation is 1. The molecule has 0 radical (unpaired) electrons. The van der Waals surface area contributed by atoms with Gasteiger partial charge in [0.25, 0.3) is 0 Å². The summed E-state index contributed by atoms with van der Waals surface area (Å²) in [6.07, 6.45) is 3.56. The van der Waals surface area contributed by atoms with E-state index in [2.05, 4.69) is 42.0 Å². The van der Waals surface area contributed by atoms with Gasteiger partial charge < -0.3 is 15.4 Å². The van der Waals surface area contributed by atoms with E-state index in [4.69, 9.17) is 11.6 Å². The number of hydrogen-bond donors (Lipinski definition) is 3. The van der Waals surface area contributed by atoms with Crippen LogP contribution in [0.25, 0.3) is 11.0 Å². The van der Waals surface area contributed by atoms with Gasteiger partial charge in [-0.25, -0.2) is 19.9 Å². The minimum absolute atomic E-state index is 0.342. The molecule has 0 unspecified atom stereocenters. The van der Waals surface area contributed by atoms with Gasteiger partial charge in [-0.15, -0.1) is 0 Å². The van der Waals surface area contributed by atoms with Gasteiger partial charge >= 0.3 is 0 Å². The van der Waals surface area contributed by atoms with Crippen LogP contribution in [0.5, 0.6) is 0 Å². The predicted molar refractivity (Wildman–Crippen MR) is 120 cm³/mol. The first-order valence-corrected chi connectivity index (χ1v) is 10.3. The number of aromatic nitrogens is 4. The van der Waals surface area contributed by atoms with Gasteiger partial charge in [0, 0.05) is 29.5 Å². The predicted octanol–water partition coefficient (Wildman–Crippen LogP) is 4.57. The van der Waals surface area contributed by atoms with Crippen LogP contribution in [-0.2, 0) is 6.42 Å². The van der Waals surface area contributed by atoms with Crippen LogP contribution in [0.3, 0.4) is 0 Å². The number of nitrogens with zero attached hydrogens (tertiary/aromatic N) is 5. The van der Waals surface area contributed by atoms with Crippen LogP contribution < -0.4 is 5.32 Å². The smallest absolute Gasteiger partial charge is 0.196 e. The molecule has 0 aliphatic heterocycles. The summed E-state index contributed by atoms with van der Waals surface area (Å²) in [6.45, 7) is 9.45. The summed E-state index contributed by atoms with van der Waals surface area (Å²) in [5, 5.41) is 14.6. The molecule has 0 saturated carbocycles. The SMILES string of the molecule is C=Nc1cc(Sc2nc(NC[C@H](C)O)c3c(Cl)c(CC)[nH]c3n2)cnc1/N=C\C. The Labute approximate surface area is 178 Å². The highest BCUT2D eigenvalue weighted by Gasteiger charge is 2.18. The van der Waals surface area contributed by atoms with E-state index in [1.165, 1.54) is 11.8 Å². The van der Waals surface area contributed by atoms with Crippen LogP contribution in [0.15, 0.2) is 32.3 Å². The third-order valence-electron chi connectivity index (χ3n) is 4.01. The highest BCUT2D eigenvalue weighted by Crippen LogP contribution is 2.36. The monoisotopic (exact) mass is 431 g/mol. The fourth-order valence-electron chi connectivity index (χ4n) is 2.68. The zero-order chi connectivity index (χ0) is 21.0. The molecule has 3 N–H and O–H groups in total. The number of anilines is 1. The molecule has 0 aromatic carbocycles. The molecule has 8 nitrogen and oxygen atoms in total. The molecule has 0 fully saturated rings. The number of H-pyrrole nitrogens is 1. The third-order valence-corrected chi connectivity index (χ3v) is 5.25. The molecule has 152 valence electrons. The van der Waals surface area contributed by atoms with E-state index < -0.39 is 6.10 Å². The van der Waals surface area contributed by atoms with Gasteiger partial charge in [-0.2, -0.15) is 0 Å². The second-order valence-electron chi connectivity index (χ2n) is 6.24. The molecule has 3 aromatic rings. The number of fused-ring (bicyclic) bond motifs is 1. The number of nitrogens with one attached hydrogen (secondary N) is 2. The van der Waals surface area contributed by atoms with Crippen LogP contribution in [-0.4, -0.2) is 50.6 Å². The molecular weight excluding hydrogens is 410 g/mol. The molecule has 29 heavy (non-hydrogen) atoms. The quantitative estimate of drug-likeness (QED) is 0.356. The molecule has 3 rings (SSSR count). The Morgan fingerprint density at radius 3 is 2.90 bits per heavy atom. The lowest BCUT2D eigenvalue weighted by Gasteiger charge is -2.10. The van der Waals surface area contributed by atoms with Gasteiger partial charge in [0.05, 0.1) is 16.5 Å². The Kier molecular flexibility index (Phi) is 6.83. The van der Waals surface area contributed by atoms with Crippen LogP contribution in [0.1, 0.15) is 26.5 Å². The first kappa shape index (κ1) is 21.2. The Morgan fingerprint density at radius 1 is 1.45 bits per heavy atom. The number of pyridine rings is 1. The summed E-state index contributed by atoms with van der Waals surface area (Å²) in [5.74, 6) is 1.08. The van der Waals surface area contributed by atoms with Gasteiger partial charge in [-0.05, 0) is 44.8 Å². The van der Waals surface area contributed by atoms with Crippen molar-refractivity contribution in [1.82, 2.24) is 19.9 Å². The largest absolute Gasteiger partial charge is 0.392 e. The Balaban J connectivity index is 2.02. The highest BCUT2D eigenvalue weighted by atomic mass is 35.5. The van der Waals surface area contributed by atoms with Crippen molar-refractivity contribution >= 4 is 64.7 Å². The highest BCUT2D eigenvalue weighted by molar-refractivity contribution is 7.99. The molecule has 1 atom stereocenters. The Bertz CT molecular complexity index is 1060. The van der Waals surface area contributed by atoms with E-state index in [0.29, 0.717) is 45.1 Å². The molecule has 0 aliphatic rings. The average Bonchev–Trinajstić information content (AvgIpc) is 3.03. The summed E-state index contributed by atoms with van der Waals surface area (Å²) in [7, 11) is 0. The molecule has 3 heterocycles. The van der Waals surface area contributed by atoms with E-state index in [1.807, 2.05) is 19.9 Å². The summed E-state index contributed by atoms with van der Waals surface area (Å²) in [6, 6.07) is 1.84. The fraction of sp³-hybridized carbons (Fsp3) is 0.316. The summed E-state index contributed by atoms with van der Waals surface area (Å²) >= 11 is 7.85. The Hall–Kier alpha value is -2.49. The van der Waals surface area contributed by atoms with Crippen molar-refractivity contribution < 1.29 is 5.11 Å². The van der Waals surface area contributed by atoms with Crippen LogP contribution in [0.2, 0.25) is 5.02 Å². The van der Waals surface area contributed by atoms with Crippen LogP contribution >= 0.6 is 23.4 Å². The second-order valence-corrected chi connectivity index (χ2v) is 7.66. The zero-order valence-electron chi connectivity index (χ0n) is 16.4. The van der Waals surface area contributed by atoms with E-state index in [0.717, 1.165) is 17.0 Å². The topological polar surface area (TPSA) is 111 Å². The van der Waals surface area contributed by atoms with Gasteiger partial charge in [0.1, 0.15) is 17.2 Å². The first-order valence-electron chi connectivity index (χ1n) is 9.10. The maximum atomic E-state index is 9.65. The Morgan fingerprint density at radius 2 is 2.24 bits per heavy atom. The molecule has 10 heteroatoms. The van der Waals surface area contributed by atoms with Crippen molar-refractivity contribution in [2.45, 2.75) is 43.3 Å². The molecule has 0 saturated heterocycles. The third kappa shape index (κ3) is 4.75. The van der Waals surface area contributed by atoms with E-state index in [9.17, 15) is 5.11 Å². The van der Waals surface area contributed by atoms with E-state index in [-0.39, 0.29) is 0 Å². The van der Waals surface area contributed by atoms with Crippen LogP contribution in [0, 0.1) is 0 Å². The molecule has 3 aromatic heterocycles. The summed E-state index contributed by atoms with van der Waals surface area (Å²) < 4.78 is 0. The minimum atomic E-state index is -0.531. The van der Waals surface area contributed by atoms with Gasteiger partial charge in [-0.3, -0.25) is 4.99 Å². The number of halogens is 1.